The number of aromatic nitrogens is 4. The topological polar surface area (TPSA) is 89.4 Å². The molecule has 0 spiro atoms. The molecule has 1 saturated heterocycles. The molecule has 0 aliphatic carbocycles. The fourth-order valence-electron chi connectivity index (χ4n) is 3.55. The summed E-state index contributed by atoms with van der Waals surface area (Å²) in [5, 5.41) is 8.55. The molecule has 152 valence electrons. The van der Waals surface area contributed by atoms with E-state index in [1.165, 1.54) is 10.7 Å². The van der Waals surface area contributed by atoms with E-state index >= 15 is 0 Å². The fraction of sp³-hybridized carbons (Fsp3) is 0.400. The van der Waals surface area contributed by atoms with Gasteiger partial charge in [0, 0.05) is 51.2 Å². The number of piperazine rings is 1. The summed E-state index contributed by atoms with van der Waals surface area (Å²) in [6, 6.07) is 6.78. The zero-order valence-corrected chi connectivity index (χ0v) is 16.6. The Kier molecular flexibility index (Phi) is 5.30. The van der Waals surface area contributed by atoms with Gasteiger partial charge in [-0.1, -0.05) is 0 Å². The third-order valence-corrected chi connectivity index (χ3v) is 5.15. The van der Waals surface area contributed by atoms with Crippen molar-refractivity contribution in [3.63, 3.8) is 0 Å². The van der Waals surface area contributed by atoms with Crippen molar-refractivity contribution in [2.24, 2.45) is 0 Å². The Bertz CT molecular complexity index is 1040. The minimum absolute atomic E-state index is 0.0174. The number of amides is 1. The summed E-state index contributed by atoms with van der Waals surface area (Å²) in [7, 11) is 0. The largest absolute Gasteiger partial charge is 0.466 e. The number of aryl methyl sites for hydroxylation is 2. The first-order valence-electron chi connectivity index (χ1n) is 9.68. The first-order valence-corrected chi connectivity index (χ1v) is 9.68. The van der Waals surface area contributed by atoms with E-state index in [1.807, 2.05) is 24.8 Å². The molecule has 4 heterocycles. The Morgan fingerprint density at radius 3 is 2.59 bits per heavy atom. The van der Waals surface area contributed by atoms with Gasteiger partial charge in [-0.15, -0.1) is 5.10 Å². The Morgan fingerprint density at radius 2 is 1.93 bits per heavy atom. The lowest BCUT2D eigenvalue weighted by Crippen LogP contribution is -2.49. The zero-order valence-electron chi connectivity index (χ0n) is 16.6. The molecule has 0 bridgehead atoms. The Hall–Kier alpha value is -3.20. The number of hydrogen-bond acceptors (Lipinski definition) is 6. The van der Waals surface area contributed by atoms with Crippen LogP contribution in [0.4, 0.5) is 0 Å². The van der Waals surface area contributed by atoms with Crippen LogP contribution in [0.5, 0.6) is 0 Å². The average molecular weight is 396 g/mol. The molecule has 0 aromatic carbocycles. The molecule has 0 unspecified atom stereocenters. The number of rotatable bonds is 5. The van der Waals surface area contributed by atoms with Crippen molar-refractivity contribution in [2.75, 3.05) is 32.7 Å². The second-order valence-electron chi connectivity index (χ2n) is 7.16. The van der Waals surface area contributed by atoms with Crippen molar-refractivity contribution in [1.82, 2.24) is 29.4 Å². The standard InChI is InChI=1S/C20H24N6O3/c1-15-14-17(16(2)29-15)20(28)24-11-8-23(9-12-24)10-13-26-19(27)5-4-18(22-26)25-7-3-6-21-25/h3-7,14H,8-13H2,1-2H3. The van der Waals surface area contributed by atoms with Crippen molar-refractivity contribution in [1.29, 1.82) is 0 Å². The van der Waals surface area contributed by atoms with Gasteiger partial charge in [-0.2, -0.15) is 5.10 Å². The van der Waals surface area contributed by atoms with Crippen LogP contribution in [-0.2, 0) is 6.54 Å². The number of hydrogen-bond donors (Lipinski definition) is 0. The van der Waals surface area contributed by atoms with Crippen LogP contribution in [0, 0.1) is 13.8 Å². The number of carbonyl (C=O) groups is 1. The van der Waals surface area contributed by atoms with Crippen LogP contribution < -0.4 is 5.56 Å². The van der Waals surface area contributed by atoms with Crippen LogP contribution in [0.1, 0.15) is 21.9 Å². The molecule has 4 rings (SSSR count). The summed E-state index contributed by atoms with van der Waals surface area (Å²) in [6.45, 7) is 7.67. The molecular formula is C20H24N6O3. The van der Waals surface area contributed by atoms with Gasteiger partial charge in [-0.3, -0.25) is 14.5 Å². The van der Waals surface area contributed by atoms with Crippen LogP contribution in [0.3, 0.4) is 0 Å². The predicted molar refractivity (Wildman–Crippen MR) is 106 cm³/mol. The molecule has 9 heteroatoms. The van der Waals surface area contributed by atoms with Gasteiger partial charge in [-0.05, 0) is 32.0 Å². The van der Waals surface area contributed by atoms with E-state index in [0.717, 1.165) is 18.8 Å². The maximum absolute atomic E-state index is 12.7. The minimum Gasteiger partial charge on any atom is -0.466 e. The first kappa shape index (κ1) is 19.1. The van der Waals surface area contributed by atoms with Crippen LogP contribution in [0.2, 0.25) is 0 Å². The Balaban J connectivity index is 1.34. The van der Waals surface area contributed by atoms with Gasteiger partial charge in [0.1, 0.15) is 11.5 Å². The summed E-state index contributed by atoms with van der Waals surface area (Å²) in [4.78, 5) is 28.9. The van der Waals surface area contributed by atoms with E-state index in [2.05, 4.69) is 15.1 Å². The fourth-order valence-corrected chi connectivity index (χ4v) is 3.55. The van der Waals surface area contributed by atoms with E-state index in [0.29, 0.717) is 43.3 Å². The Morgan fingerprint density at radius 1 is 1.14 bits per heavy atom. The zero-order chi connectivity index (χ0) is 20.4. The maximum Gasteiger partial charge on any atom is 0.266 e. The van der Waals surface area contributed by atoms with E-state index < -0.39 is 0 Å². The quantitative estimate of drug-likeness (QED) is 0.642. The number of nitrogens with zero attached hydrogens (tertiary/aromatic N) is 6. The van der Waals surface area contributed by atoms with E-state index in [-0.39, 0.29) is 11.5 Å². The van der Waals surface area contributed by atoms with Gasteiger partial charge in [0.15, 0.2) is 5.82 Å². The molecule has 29 heavy (non-hydrogen) atoms. The van der Waals surface area contributed by atoms with Gasteiger partial charge in [0.2, 0.25) is 0 Å². The lowest BCUT2D eigenvalue weighted by molar-refractivity contribution is 0.0629. The summed E-state index contributed by atoms with van der Waals surface area (Å²) in [5.74, 6) is 2.04. The summed E-state index contributed by atoms with van der Waals surface area (Å²) >= 11 is 0. The summed E-state index contributed by atoms with van der Waals surface area (Å²) in [5.41, 5.74) is 0.502. The highest BCUT2D eigenvalue weighted by atomic mass is 16.3. The smallest absolute Gasteiger partial charge is 0.266 e. The van der Waals surface area contributed by atoms with Gasteiger partial charge in [-0.25, -0.2) is 9.36 Å². The number of furan rings is 1. The number of carbonyl (C=O) groups excluding carboxylic acids is 1. The molecule has 3 aromatic heterocycles. The van der Waals surface area contributed by atoms with Gasteiger partial charge in [0.25, 0.3) is 11.5 Å². The van der Waals surface area contributed by atoms with E-state index in [4.69, 9.17) is 4.42 Å². The lowest BCUT2D eigenvalue weighted by Gasteiger charge is -2.34. The van der Waals surface area contributed by atoms with Gasteiger partial charge in [0.05, 0.1) is 12.1 Å². The van der Waals surface area contributed by atoms with Gasteiger partial charge >= 0.3 is 0 Å². The molecule has 0 saturated carbocycles. The molecule has 0 radical (unpaired) electrons. The van der Waals surface area contributed by atoms with Crippen molar-refractivity contribution < 1.29 is 9.21 Å². The van der Waals surface area contributed by atoms with Crippen LogP contribution in [-0.4, -0.2) is 68.0 Å². The van der Waals surface area contributed by atoms with Crippen molar-refractivity contribution in [3.8, 4) is 5.82 Å². The lowest BCUT2D eigenvalue weighted by atomic mass is 10.2. The Labute approximate surface area is 168 Å². The predicted octanol–water partition coefficient (Wildman–Crippen LogP) is 1.10. The molecule has 9 nitrogen and oxygen atoms in total. The highest BCUT2D eigenvalue weighted by molar-refractivity contribution is 5.95. The van der Waals surface area contributed by atoms with E-state index in [1.54, 1.807) is 29.2 Å². The van der Waals surface area contributed by atoms with Crippen LogP contribution >= 0.6 is 0 Å². The summed E-state index contributed by atoms with van der Waals surface area (Å²) < 4.78 is 8.57. The highest BCUT2D eigenvalue weighted by Gasteiger charge is 2.24. The molecule has 3 aromatic rings. The molecule has 1 fully saturated rings. The van der Waals surface area contributed by atoms with E-state index in [9.17, 15) is 9.59 Å². The molecule has 0 N–H and O–H groups in total. The minimum atomic E-state index is -0.138. The third kappa shape index (κ3) is 4.14. The SMILES string of the molecule is Cc1cc(C(=O)N2CCN(CCn3nc(-n4cccn4)ccc3=O)CC2)c(C)o1. The van der Waals surface area contributed by atoms with Crippen molar-refractivity contribution in [2.45, 2.75) is 20.4 Å². The average Bonchev–Trinajstić information content (AvgIpc) is 3.37. The summed E-state index contributed by atoms with van der Waals surface area (Å²) in [6.07, 6.45) is 3.46. The normalized spacial score (nSPS) is 15.0. The molecule has 0 atom stereocenters. The monoisotopic (exact) mass is 396 g/mol. The second kappa shape index (κ2) is 8.04. The van der Waals surface area contributed by atoms with Crippen LogP contribution in [0.15, 0.2) is 45.9 Å². The molecule has 1 amide bonds. The third-order valence-electron chi connectivity index (χ3n) is 5.15. The first-order chi connectivity index (χ1) is 14.0. The second-order valence-corrected chi connectivity index (χ2v) is 7.16. The van der Waals surface area contributed by atoms with Crippen molar-refractivity contribution >= 4 is 5.91 Å². The van der Waals surface area contributed by atoms with Crippen LogP contribution in [0.25, 0.3) is 5.82 Å². The van der Waals surface area contributed by atoms with Crippen molar-refractivity contribution in [3.05, 3.63) is 64.1 Å². The van der Waals surface area contributed by atoms with Gasteiger partial charge < -0.3 is 9.32 Å². The maximum atomic E-state index is 12.7. The molecular weight excluding hydrogens is 372 g/mol. The molecule has 1 aliphatic heterocycles. The molecule has 1 aliphatic rings. The highest BCUT2D eigenvalue weighted by Crippen LogP contribution is 2.17.